The molecule has 2 N–H and O–H groups in total. The smallest absolute Gasteiger partial charge is 0.212 e. The normalized spacial score (nSPS) is 9.07. The highest BCUT2D eigenvalue weighted by atomic mass is 127. The Morgan fingerprint density at radius 2 is 1.79 bits per heavy atom. The van der Waals surface area contributed by atoms with Crippen LogP contribution < -0.4 is 0 Å². The summed E-state index contributed by atoms with van der Waals surface area (Å²) >= 11 is 4.04. The highest BCUT2D eigenvalue weighted by Gasteiger charge is 2.08. The van der Waals surface area contributed by atoms with Crippen LogP contribution in [0.25, 0.3) is 0 Å². The topological polar surface area (TPSA) is 53.3 Å². The first-order valence-corrected chi connectivity index (χ1v) is 5.53. The van der Waals surface area contributed by atoms with Crippen LogP contribution in [0.5, 0.6) is 5.75 Å². The van der Waals surface area contributed by atoms with Crippen LogP contribution in [0.4, 0.5) is 0 Å². The van der Waals surface area contributed by atoms with E-state index in [1.165, 1.54) is 7.11 Å². The molecule has 0 bridgehead atoms. The van der Waals surface area contributed by atoms with Gasteiger partial charge >= 0.3 is 0 Å². The van der Waals surface area contributed by atoms with Crippen LogP contribution in [0.1, 0.15) is 5.56 Å². The monoisotopic (exact) mass is 439 g/mol. The molecule has 78 valence electrons. The number of halogens is 3. The Labute approximate surface area is 115 Å². The van der Waals surface area contributed by atoms with Crippen molar-refractivity contribution in [3.05, 3.63) is 24.8 Å². The predicted octanol–water partition coefficient (Wildman–Crippen LogP) is 2.99. The van der Waals surface area contributed by atoms with Gasteiger partial charge in [0.25, 0.3) is 0 Å². The van der Waals surface area contributed by atoms with E-state index in [4.69, 9.17) is 10.1 Å². The summed E-state index contributed by atoms with van der Waals surface area (Å²) in [5.41, 5.74) is 0.675. The SMILES string of the molecule is COC(=N)c1cc(I)c(O)c(I)c1.Cl. The molecule has 14 heavy (non-hydrogen) atoms. The Balaban J connectivity index is 0.00000169. The van der Waals surface area contributed by atoms with Gasteiger partial charge in [-0.15, -0.1) is 12.4 Å². The van der Waals surface area contributed by atoms with E-state index in [-0.39, 0.29) is 24.1 Å². The van der Waals surface area contributed by atoms with Crippen LogP contribution in [-0.4, -0.2) is 18.1 Å². The van der Waals surface area contributed by atoms with Gasteiger partial charge < -0.3 is 9.84 Å². The Morgan fingerprint density at radius 1 is 1.36 bits per heavy atom. The van der Waals surface area contributed by atoms with Gasteiger partial charge in [-0.25, -0.2) is 0 Å². The van der Waals surface area contributed by atoms with E-state index < -0.39 is 0 Å². The van der Waals surface area contributed by atoms with Crippen LogP contribution in [0.3, 0.4) is 0 Å². The molecule has 0 saturated heterocycles. The number of phenolic OH excluding ortho intramolecular Hbond substituents is 1. The second-order valence-corrected chi connectivity index (χ2v) is 4.65. The summed E-state index contributed by atoms with van der Waals surface area (Å²) in [6.45, 7) is 0. The van der Waals surface area contributed by atoms with Crippen molar-refractivity contribution in [2.45, 2.75) is 0 Å². The van der Waals surface area contributed by atoms with Crippen molar-refractivity contribution in [3.63, 3.8) is 0 Å². The summed E-state index contributed by atoms with van der Waals surface area (Å²) in [6.07, 6.45) is 0. The van der Waals surface area contributed by atoms with E-state index in [1.807, 2.05) is 45.2 Å². The van der Waals surface area contributed by atoms with Gasteiger partial charge in [-0.05, 0) is 57.3 Å². The predicted molar refractivity (Wildman–Crippen MR) is 74.6 cm³/mol. The molecule has 6 heteroatoms. The Hall–Kier alpha value is 0.240. The quantitative estimate of drug-likeness (QED) is 0.402. The van der Waals surface area contributed by atoms with Crippen molar-refractivity contribution in [2.75, 3.05) is 7.11 Å². The zero-order valence-corrected chi connectivity index (χ0v) is 12.3. The van der Waals surface area contributed by atoms with Crippen molar-refractivity contribution in [1.82, 2.24) is 0 Å². The number of hydrogen-bond donors (Lipinski definition) is 2. The van der Waals surface area contributed by atoms with Gasteiger partial charge in [-0.3, -0.25) is 5.41 Å². The van der Waals surface area contributed by atoms with Gasteiger partial charge in [-0.2, -0.15) is 0 Å². The maximum atomic E-state index is 9.46. The van der Waals surface area contributed by atoms with Crippen LogP contribution >= 0.6 is 57.6 Å². The third-order valence-corrected chi connectivity index (χ3v) is 3.13. The fourth-order valence-electron chi connectivity index (χ4n) is 0.814. The Bertz CT molecular complexity index is 334. The molecule has 0 spiro atoms. The molecule has 0 heterocycles. The number of rotatable bonds is 1. The third-order valence-electron chi connectivity index (χ3n) is 1.48. The van der Waals surface area contributed by atoms with E-state index in [1.54, 1.807) is 12.1 Å². The lowest BCUT2D eigenvalue weighted by Gasteiger charge is -2.05. The van der Waals surface area contributed by atoms with Gasteiger partial charge in [0.1, 0.15) is 5.75 Å². The molecule has 0 radical (unpaired) electrons. The van der Waals surface area contributed by atoms with Crippen molar-refractivity contribution < 1.29 is 9.84 Å². The second-order valence-electron chi connectivity index (χ2n) is 2.32. The van der Waals surface area contributed by atoms with Gasteiger partial charge in [0.05, 0.1) is 14.3 Å². The molecule has 0 aliphatic heterocycles. The Kier molecular flexibility index (Phi) is 6.06. The molecular weight excluding hydrogens is 431 g/mol. The van der Waals surface area contributed by atoms with Crippen LogP contribution in [0.15, 0.2) is 12.1 Å². The first kappa shape index (κ1) is 14.2. The number of ether oxygens (including phenoxy) is 1. The van der Waals surface area contributed by atoms with Crippen molar-refractivity contribution in [2.24, 2.45) is 0 Å². The molecule has 0 amide bonds. The lowest BCUT2D eigenvalue weighted by Crippen LogP contribution is -2.02. The van der Waals surface area contributed by atoms with E-state index in [0.717, 1.165) is 7.14 Å². The molecule has 0 aliphatic carbocycles. The summed E-state index contributed by atoms with van der Waals surface area (Å²) in [5, 5.41) is 16.9. The number of hydrogen-bond acceptors (Lipinski definition) is 3. The average Bonchev–Trinajstić information content (AvgIpc) is 2.12. The minimum Gasteiger partial charge on any atom is -0.506 e. The first-order chi connectivity index (χ1) is 6.06. The zero-order chi connectivity index (χ0) is 10.0. The summed E-state index contributed by atoms with van der Waals surface area (Å²) in [7, 11) is 1.45. The molecule has 1 rings (SSSR count). The highest BCUT2D eigenvalue weighted by molar-refractivity contribution is 14.1. The maximum Gasteiger partial charge on any atom is 0.212 e. The number of aromatic hydroxyl groups is 1. The molecule has 1 aromatic rings. The van der Waals surface area contributed by atoms with Crippen LogP contribution in [-0.2, 0) is 4.74 Å². The maximum absolute atomic E-state index is 9.46. The third kappa shape index (κ3) is 3.13. The van der Waals surface area contributed by atoms with Gasteiger partial charge in [-0.1, -0.05) is 0 Å². The first-order valence-electron chi connectivity index (χ1n) is 3.37. The second kappa shape index (κ2) is 5.96. The summed E-state index contributed by atoms with van der Waals surface area (Å²) < 4.78 is 6.23. The summed E-state index contributed by atoms with van der Waals surface area (Å²) in [5.74, 6) is 0.365. The van der Waals surface area contributed by atoms with Crippen molar-refractivity contribution in [3.8, 4) is 5.75 Å². The summed E-state index contributed by atoms with van der Waals surface area (Å²) in [4.78, 5) is 0. The molecule has 1 aromatic carbocycles. The van der Waals surface area contributed by atoms with Crippen LogP contribution in [0.2, 0.25) is 0 Å². The molecule has 0 saturated carbocycles. The van der Waals surface area contributed by atoms with E-state index in [9.17, 15) is 5.11 Å². The van der Waals surface area contributed by atoms with Crippen LogP contribution in [0, 0.1) is 12.5 Å². The Morgan fingerprint density at radius 3 is 2.14 bits per heavy atom. The van der Waals surface area contributed by atoms with Crippen molar-refractivity contribution >= 4 is 63.5 Å². The number of phenols is 1. The van der Waals surface area contributed by atoms with Gasteiger partial charge in [0.15, 0.2) is 0 Å². The molecule has 0 atom stereocenters. The number of methoxy groups -OCH3 is 1. The zero-order valence-electron chi connectivity index (χ0n) is 7.17. The van der Waals surface area contributed by atoms with Gasteiger partial charge in [0, 0.05) is 5.56 Å². The molecular formula is C8H8ClI2NO2. The molecule has 0 aliphatic rings. The van der Waals surface area contributed by atoms with Crippen molar-refractivity contribution in [1.29, 1.82) is 5.41 Å². The highest BCUT2D eigenvalue weighted by Crippen LogP contribution is 2.27. The van der Waals surface area contributed by atoms with E-state index in [0.29, 0.717) is 5.56 Å². The largest absolute Gasteiger partial charge is 0.506 e. The van der Waals surface area contributed by atoms with E-state index >= 15 is 0 Å². The minimum absolute atomic E-state index is 0. The fraction of sp³-hybridized carbons (Fsp3) is 0.125. The molecule has 0 unspecified atom stereocenters. The van der Waals surface area contributed by atoms with Gasteiger partial charge in [0.2, 0.25) is 5.90 Å². The molecule has 0 fully saturated rings. The number of nitrogens with one attached hydrogen (secondary N) is 1. The average molecular weight is 439 g/mol. The fourth-order valence-corrected chi connectivity index (χ4v) is 2.58. The number of benzene rings is 1. The molecule has 3 nitrogen and oxygen atoms in total. The standard InChI is InChI=1S/C8H7I2NO2.ClH/c1-13-8(11)4-2-5(9)7(12)6(10)3-4;/h2-3,11-12H,1H3;1H. The summed E-state index contributed by atoms with van der Waals surface area (Å²) in [6, 6.07) is 3.42. The van der Waals surface area contributed by atoms with E-state index in [2.05, 4.69) is 0 Å². The molecule has 0 aromatic heterocycles. The lowest BCUT2D eigenvalue weighted by molar-refractivity contribution is 0.401. The lowest BCUT2D eigenvalue weighted by atomic mass is 10.2. The minimum atomic E-state index is 0.